The van der Waals surface area contributed by atoms with Gasteiger partial charge in [0.2, 0.25) is 5.95 Å². The van der Waals surface area contributed by atoms with Crippen molar-refractivity contribution in [3.63, 3.8) is 0 Å². The number of benzene rings is 1. The number of piperidine rings is 1. The fourth-order valence-corrected chi connectivity index (χ4v) is 4.08. The fourth-order valence-electron chi connectivity index (χ4n) is 3.76. The number of pyridine rings is 1. The lowest BCUT2D eigenvalue weighted by molar-refractivity contribution is 0.354. The van der Waals surface area contributed by atoms with Gasteiger partial charge in [0.05, 0.1) is 5.69 Å². The van der Waals surface area contributed by atoms with Crippen LogP contribution in [0.1, 0.15) is 29.7 Å². The van der Waals surface area contributed by atoms with Crippen molar-refractivity contribution in [3.8, 4) is 0 Å². The topological polar surface area (TPSA) is 62.7 Å². The number of hydrogen-bond acceptors (Lipinski definition) is 5. The van der Waals surface area contributed by atoms with Gasteiger partial charge in [0, 0.05) is 35.6 Å². The number of anilines is 1. The highest BCUT2D eigenvalue weighted by molar-refractivity contribution is 6.31. The van der Waals surface area contributed by atoms with E-state index in [9.17, 15) is 0 Å². The summed E-state index contributed by atoms with van der Waals surface area (Å²) in [6.07, 6.45) is 7.35. The predicted octanol–water partition coefficient (Wildman–Crippen LogP) is 3.81. The molecule has 2 aromatic heterocycles. The van der Waals surface area contributed by atoms with Crippen LogP contribution < -0.4 is 10.6 Å². The third-order valence-corrected chi connectivity index (χ3v) is 5.50. The van der Waals surface area contributed by atoms with Gasteiger partial charge in [-0.15, -0.1) is 0 Å². The molecule has 138 valence electrons. The molecule has 1 aliphatic heterocycles. The molecule has 2 N–H and O–H groups in total. The summed E-state index contributed by atoms with van der Waals surface area (Å²) in [6, 6.07) is 14.1. The third-order valence-electron chi connectivity index (χ3n) is 5.17. The first-order valence-electron chi connectivity index (χ1n) is 9.20. The van der Waals surface area contributed by atoms with Crippen molar-refractivity contribution < 1.29 is 0 Å². The largest absolute Gasteiger partial charge is 0.350 e. The normalized spacial score (nSPS) is 16.0. The van der Waals surface area contributed by atoms with Gasteiger partial charge < -0.3 is 10.6 Å². The lowest BCUT2D eigenvalue weighted by Crippen LogP contribution is -2.41. The van der Waals surface area contributed by atoms with Crippen LogP contribution in [0.2, 0.25) is 5.02 Å². The summed E-state index contributed by atoms with van der Waals surface area (Å²) in [5.74, 6) is 0.626. The summed E-state index contributed by atoms with van der Waals surface area (Å²) in [5, 5.41) is 7.56. The van der Waals surface area contributed by atoms with Gasteiger partial charge in [-0.2, -0.15) is 0 Å². The summed E-state index contributed by atoms with van der Waals surface area (Å²) in [4.78, 5) is 13.4. The Morgan fingerprint density at radius 3 is 2.67 bits per heavy atom. The highest BCUT2D eigenvalue weighted by Gasteiger charge is 2.38. The van der Waals surface area contributed by atoms with Crippen molar-refractivity contribution in [1.82, 2.24) is 20.3 Å². The number of halogens is 1. The highest BCUT2D eigenvalue weighted by Crippen LogP contribution is 2.42. The van der Waals surface area contributed by atoms with E-state index in [1.165, 1.54) is 0 Å². The van der Waals surface area contributed by atoms with Crippen molar-refractivity contribution in [2.45, 2.75) is 24.8 Å². The van der Waals surface area contributed by atoms with Crippen LogP contribution in [0, 0.1) is 0 Å². The maximum Gasteiger partial charge on any atom is 0.223 e. The second kappa shape index (κ2) is 8.03. The number of rotatable bonds is 5. The van der Waals surface area contributed by atoms with E-state index in [0.717, 1.165) is 47.8 Å². The summed E-state index contributed by atoms with van der Waals surface area (Å²) < 4.78 is 0. The lowest BCUT2D eigenvalue weighted by Gasteiger charge is -2.38. The molecule has 1 saturated heterocycles. The van der Waals surface area contributed by atoms with E-state index in [-0.39, 0.29) is 5.41 Å². The first-order chi connectivity index (χ1) is 13.3. The van der Waals surface area contributed by atoms with E-state index in [2.05, 4.69) is 26.7 Å². The highest BCUT2D eigenvalue weighted by atomic mass is 35.5. The summed E-state index contributed by atoms with van der Waals surface area (Å²) in [5.41, 5.74) is 3.05. The standard InChI is InChI=1S/C21H22ClN5/c22-18-6-2-1-5-17(18)21(8-12-23-13-9-21)19-7-11-25-20(27-19)26-15-16-4-3-10-24-14-16/h1-7,10-11,14,23H,8-9,12-13,15H2,(H,25,26,27). The number of nitrogens with zero attached hydrogens (tertiary/aromatic N) is 3. The molecule has 5 nitrogen and oxygen atoms in total. The molecule has 0 atom stereocenters. The van der Waals surface area contributed by atoms with Gasteiger partial charge in [-0.1, -0.05) is 35.9 Å². The minimum absolute atomic E-state index is 0.197. The first-order valence-corrected chi connectivity index (χ1v) is 9.58. The van der Waals surface area contributed by atoms with Gasteiger partial charge in [-0.25, -0.2) is 9.97 Å². The molecule has 1 aliphatic rings. The Bertz CT molecular complexity index is 894. The van der Waals surface area contributed by atoms with Crippen molar-refractivity contribution in [1.29, 1.82) is 0 Å². The number of nitrogens with one attached hydrogen (secondary N) is 2. The molecule has 1 fully saturated rings. The lowest BCUT2D eigenvalue weighted by atomic mass is 9.70. The Morgan fingerprint density at radius 1 is 1.04 bits per heavy atom. The van der Waals surface area contributed by atoms with Gasteiger partial charge in [-0.3, -0.25) is 4.98 Å². The molecule has 0 aliphatic carbocycles. The quantitative estimate of drug-likeness (QED) is 0.705. The van der Waals surface area contributed by atoms with Crippen molar-refractivity contribution >= 4 is 17.5 Å². The summed E-state index contributed by atoms with van der Waals surface area (Å²) in [7, 11) is 0. The van der Waals surface area contributed by atoms with Crippen LogP contribution in [0.4, 0.5) is 5.95 Å². The summed E-state index contributed by atoms with van der Waals surface area (Å²) in [6.45, 7) is 2.51. The molecule has 0 amide bonds. The van der Waals surface area contributed by atoms with Crippen LogP contribution in [0.15, 0.2) is 61.1 Å². The zero-order valence-corrected chi connectivity index (χ0v) is 15.8. The van der Waals surface area contributed by atoms with Gasteiger partial charge in [0.1, 0.15) is 0 Å². The van der Waals surface area contributed by atoms with Gasteiger partial charge >= 0.3 is 0 Å². The average Bonchev–Trinajstić information content (AvgIpc) is 2.74. The third kappa shape index (κ3) is 3.80. The maximum atomic E-state index is 6.59. The molecule has 0 spiro atoms. The minimum Gasteiger partial charge on any atom is -0.350 e. The van der Waals surface area contributed by atoms with E-state index >= 15 is 0 Å². The molecule has 0 radical (unpaired) electrons. The summed E-state index contributed by atoms with van der Waals surface area (Å²) >= 11 is 6.59. The molecule has 3 heterocycles. The SMILES string of the molecule is Clc1ccccc1C1(c2ccnc(NCc3cccnc3)n2)CCNCC1. The Hall–Kier alpha value is -2.50. The van der Waals surface area contributed by atoms with Crippen LogP contribution in [-0.4, -0.2) is 28.0 Å². The Labute approximate surface area is 164 Å². The molecule has 3 aromatic rings. The van der Waals surface area contributed by atoms with Gasteiger partial charge in [-0.05, 0) is 55.3 Å². The van der Waals surface area contributed by atoms with Crippen LogP contribution >= 0.6 is 11.6 Å². The van der Waals surface area contributed by atoms with Gasteiger partial charge in [0.25, 0.3) is 0 Å². The van der Waals surface area contributed by atoms with Crippen molar-refractivity contribution in [2.24, 2.45) is 0 Å². The zero-order chi connectivity index (χ0) is 18.5. The minimum atomic E-state index is -0.197. The molecular formula is C21H22ClN5. The van der Waals surface area contributed by atoms with Gasteiger partial charge in [0.15, 0.2) is 0 Å². The second-order valence-corrected chi connectivity index (χ2v) is 7.20. The Balaban J connectivity index is 1.66. The molecule has 4 rings (SSSR count). The predicted molar refractivity (Wildman–Crippen MR) is 108 cm³/mol. The molecular weight excluding hydrogens is 358 g/mol. The van der Waals surface area contributed by atoms with E-state index in [4.69, 9.17) is 16.6 Å². The Kier molecular flexibility index (Phi) is 5.32. The smallest absolute Gasteiger partial charge is 0.223 e. The van der Waals surface area contributed by atoms with E-state index < -0.39 is 0 Å². The maximum absolute atomic E-state index is 6.59. The second-order valence-electron chi connectivity index (χ2n) is 6.79. The van der Waals surface area contributed by atoms with Crippen molar-refractivity contribution in [2.75, 3.05) is 18.4 Å². The number of hydrogen-bond donors (Lipinski definition) is 2. The average molecular weight is 380 g/mol. The van der Waals surface area contributed by atoms with E-state index in [1.54, 1.807) is 6.20 Å². The number of aromatic nitrogens is 3. The van der Waals surface area contributed by atoms with Crippen LogP contribution in [-0.2, 0) is 12.0 Å². The van der Waals surface area contributed by atoms with Crippen molar-refractivity contribution in [3.05, 3.63) is 82.9 Å². The van der Waals surface area contributed by atoms with Crippen LogP contribution in [0.5, 0.6) is 0 Å². The molecule has 0 saturated carbocycles. The monoisotopic (exact) mass is 379 g/mol. The van der Waals surface area contributed by atoms with E-state index in [0.29, 0.717) is 12.5 Å². The zero-order valence-electron chi connectivity index (χ0n) is 15.0. The fraction of sp³-hybridized carbons (Fsp3) is 0.286. The Morgan fingerprint density at radius 2 is 1.89 bits per heavy atom. The molecule has 27 heavy (non-hydrogen) atoms. The van der Waals surface area contributed by atoms with Crippen LogP contribution in [0.3, 0.4) is 0 Å². The molecule has 0 unspecified atom stereocenters. The molecule has 0 bridgehead atoms. The van der Waals surface area contributed by atoms with E-state index in [1.807, 2.05) is 48.8 Å². The molecule has 1 aromatic carbocycles. The molecule has 6 heteroatoms. The van der Waals surface area contributed by atoms with Crippen LogP contribution in [0.25, 0.3) is 0 Å². The first kappa shape index (κ1) is 17.9.